The lowest BCUT2D eigenvalue weighted by Crippen LogP contribution is -2.51. The second-order valence-corrected chi connectivity index (χ2v) is 15.0. The summed E-state index contributed by atoms with van der Waals surface area (Å²) < 4.78 is 4.81. The van der Waals surface area contributed by atoms with Crippen molar-refractivity contribution >= 4 is 39.7 Å². The van der Waals surface area contributed by atoms with Gasteiger partial charge in [0.15, 0.2) is 0 Å². The molecule has 284 valence electrons. The number of likely N-dealkylation sites (tertiary alicyclic amines) is 2. The highest BCUT2D eigenvalue weighted by Gasteiger charge is 2.38. The summed E-state index contributed by atoms with van der Waals surface area (Å²) in [6.07, 6.45) is 8.01. The largest absolute Gasteiger partial charge is 0.453 e. The van der Waals surface area contributed by atoms with Crippen LogP contribution in [0.2, 0.25) is 0 Å². The fourth-order valence-corrected chi connectivity index (χ4v) is 7.84. The summed E-state index contributed by atoms with van der Waals surface area (Å²) in [7, 11) is 1.30. The molecule has 6 atom stereocenters. The Kier molecular flexibility index (Phi) is 10.7. The number of nitrogens with zero attached hydrogens (tertiary/aromatic N) is 5. The monoisotopic (exact) mass is 733 g/mol. The Hall–Kier alpha value is -5.30. The molecule has 5 heterocycles. The first-order valence-corrected chi connectivity index (χ1v) is 19.3. The Morgan fingerprint density at radius 3 is 2.19 bits per heavy atom. The number of benzene rings is 2. The summed E-state index contributed by atoms with van der Waals surface area (Å²) in [5, 5.41) is 4.91. The van der Waals surface area contributed by atoms with Crippen LogP contribution in [-0.2, 0) is 14.3 Å². The minimum Gasteiger partial charge on any atom is -0.453 e. The molecule has 5 N–H and O–H groups in total. The number of nitrogens with two attached hydrogens (primary N) is 1. The Bertz CT molecular complexity index is 2160. The van der Waals surface area contributed by atoms with Crippen molar-refractivity contribution in [1.29, 1.82) is 0 Å². The molecule has 13 heteroatoms. The molecule has 2 aliphatic heterocycles. The van der Waals surface area contributed by atoms with Crippen LogP contribution >= 0.6 is 0 Å². The maximum Gasteiger partial charge on any atom is 0.407 e. The van der Waals surface area contributed by atoms with Gasteiger partial charge in [0.1, 0.15) is 23.2 Å². The summed E-state index contributed by atoms with van der Waals surface area (Å²) in [6.45, 7) is 9.33. The molecule has 54 heavy (non-hydrogen) atoms. The minimum absolute atomic E-state index is 0.00176. The van der Waals surface area contributed by atoms with Crippen molar-refractivity contribution in [3.8, 4) is 22.5 Å². The van der Waals surface area contributed by atoms with Gasteiger partial charge < -0.3 is 35.6 Å². The number of rotatable bonds is 11. The first-order chi connectivity index (χ1) is 26.1. The third kappa shape index (κ3) is 7.16. The number of carbonyl (C=O) groups is 3. The zero-order valence-electron chi connectivity index (χ0n) is 31.8. The summed E-state index contributed by atoms with van der Waals surface area (Å²) in [5.41, 5.74) is 11.6. The lowest BCUT2D eigenvalue weighted by atomic mass is 9.97. The van der Waals surface area contributed by atoms with Crippen LogP contribution in [0, 0.1) is 11.8 Å². The van der Waals surface area contributed by atoms with E-state index in [9.17, 15) is 14.4 Å². The molecule has 5 aromatic rings. The number of aromatic amines is 2. The van der Waals surface area contributed by atoms with Crippen LogP contribution in [0.15, 0.2) is 54.9 Å². The van der Waals surface area contributed by atoms with Gasteiger partial charge in [0.2, 0.25) is 11.8 Å². The summed E-state index contributed by atoms with van der Waals surface area (Å²) >= 11 is 0. The van der Waals surface area contributed by atoms with Gasteiger partial charge in [0, 0.05) is 24.2 Å². The third-order valence-corrected chi connectivity index (χ3v) is 11.6. The quantitative estimate of drug-likeness (QED) is 0.117. The van der Waals surface area contributed by atoms with Crippen molar-refractivity contribution in [2.75, 3.05) is 20.2 Å². The topological polar surface area (TPSA) is 175 Å². The molecule has 2 fully saturated rings. The van der Waals surface area contributed by atoms with Crippen molar-refractivity contribution in [1.82, 2.24) is 40.0 Å². The summed E-state index contributed by atoms with van der Waals surface area (Å²) in [6, 6.07) is 13.1. The highest BCUT2D eigenvalue weighted by molar-refractivity contribution is 5.91. The number of alkyl carbamates (subject to hydrolysis) is 1. The molecule has 3 aromatic heterocycles. The average Bonchev–Trinajstić information content (AvgIpc) is 4.04. The predicted octanol–water partition coefficient (Wildman–Crippen LogP) is 6.64. The van der Waals surface area contributed by atoms with Crippen LogP contribution in [0.25, 0.3) is 44.3 Å². The van der Waals surface area contributed by atoms with Crippen molar-refractivity contribution in [3.05, 3.63) is 66.5 Å². The Morgan fingerprint density at radius 1 is 0.852 bits per heavy atom. The van der Waals surface area contributed by atoms with Crippen molar-refractivity contribution in [2.45, 2.75) is 90.4 Å². The summed E-state index contributed by atoms with van der Waals surface area (Å²) in [5.74, 6) is 1.45. The number of fused-ring (bicyclic) bond motifs is 2. The molecule has 3 amide bonds. The standard InChI is InChI=1S/C41H51N9O4/c1-6-23(3)35(42)39(51)49-16-8-10-33(49)37-44-21-31(46-37)28-15-13-25-18-27(14-12-26(25)19-28)29-20-30-32(22-43-29)47-38(45-30)34-11-9-17-50(34)40(52)36(24(4)7-2)48-41(53)54-5/h12-15,18-24,33-36H,6-11,16-17,42H2,1-5H3,(H,44,46)(H,45,47)(H,48,53)/t23-,24-,33-,34-,35-,36-/m0/s1. The SMILES string of the molecule is CC[C@H](C)[C@H](N)C(=O)N1CCC[C@H]1c1ncc(-c2ccc3cc(-c4cc5[nH]c([C@@H]6CCCN6C(=O)[C@@H](NC(=O)OC)[C@@H](C)CC)nc5cn4)ccc3c2)[nH]1. The molecule has 0 radical (unpaired) electrons. The maximum atomic E-state index is 13.8. The molecule has 7 rings (SSSR count). The molecular weight excluding hydrogens is 683 g/mol. The molecule has 2 aromatic carbocycles. The number of amides is 3. The zero-order chi connectivity index (χ0) is 38.1. The van der Waals surface area contributed by atoms with E-state index in [0.29, 0.717) is 18.9 Å². The van der Waals surface area contributed by atoms with E-state index in [-0.39, 0.29) is 35.7 Å². The molecular formula is C41H51N9O4. The maximum absolute atomic E-state index is 13.8. The Labute approximate surface area is 315 Å². The third-order valence-electron chi connectivity index (χ3n) is 11.6. The van der Waals surface area contributed by atoms with Crippen LogP contribution in [0.3, 0.4) is 0 Å². The first-order valence-electron chi connectivity index (χ1n) is 19.3. The highest BCUT2D eigenvalue weighted by Crippen LogP contribution is 2.35. The van der Waals surface area contributed by atoms with E-state index in [2.05, 4.69) is 58.6 Å². The number of aromatic nitrogens is 5. The van der Waals surface area contributed by atoms with Gasteiger partial charge in [-0.25, -0.2) is 14.8 Å². The van der Waals surface area contributed by atoms with Crippen LogP contribution < -0.4 is 11.1 Å². The Morgan fingerprint density at radius 2 is 1.50 bits per heavy atom. The highest BCUT2D eigenvalue weighted by atomic mass is 16.5. The second-order valence-electron chi connectivity index (χ2n) is 15.0. The van der Waals surface area contributed by atoms with Gasteiger partial charge >= 0.3 is 6.09 Å². The van der Waals surface area contributed by atoms with Crippen molar-refractivity contribution in [3.63, 3.8) is 0 Å². The van der Waals surface area contributed by atoms with Crippen LogP contribution in [0.4, 0.5) is 4.79 Å². The smallest absolute Gasteiger partial charge is 0.407 e. The Balaban J connectivity index is 1.08. The number of pyridine rings is 1. The van der Waals surface area contributed by atoms with Gasteiger partial charge in [0.25, 0.3) is 0 Å². The van der Waals surface area contributed by atoms with Gasteiger partial charge in [-0.15, -0.1) is 0 Å². The lowest BCUT2D eigenvalue weighted by Gasteiger charge is -2.30. The van der Waals surface area contributed by atoms with E-state index >= 15 is 0 Å². The average molecular weight is 734 g/mol. The normalized spacial score (nSPS) is 19.6. The van der Waals surface area contributed by atoms with Crippen LogP contribution in [0.1, 0.15) is 90.0 Å². The summed E-state index contributed by atoms with van der Waals surface area (Å²) in [4.78, 5) is 64.1. The molecule has 2 saturated heterocycles. The van der Waals surface area contributed by atoms with E-state index < -0.39 is 18.2 Å². The molecule has 0 saturated carbocycles. The van der Waals surface area contributed by atoms with Gasteiger partial charge in [-0.2, -0.15) is 0 Å². The molecule has 2 aliphatic rings. The number of imidazole rings is 2. The number of hydrogen-bond donors (Lipinski definition) is 4. The van der Waals surface area contributed by atoms with Crippen LogP contribution in [-0.4, -0.2) is 84.9 Å². The van der Waals surface area contributed by atoms with Crippen LogP contribution in [0.5, 0.6) is 0 Å². The number of nitrogens with one attached hydrogen (secondary N) is 3. The van der Waals surface area contributed by atoms with Crippen molar-refractivity contribution in [2.24, 2.45) is 17.6 Å². The molecule has 13 nitrogen and oxygen atoms in total. The van der Waals surface area contributed by atoms with Crippen molar-refractivity contribution < 1.29 is 19.1 Å². The number of carbonyl (C=O) groups excluding carboxylic acids is 3. The molecule has 0 aliphatic carbocycles. The fraction of sp³-hybridized carbons (Fsp3) is 0.463. The fourth-order valence-electron chi connectivity index (χ4n) is 7.84. The number of ether oxygens (including phenoxy) is 1. The molecule has 0 unspecified atom stereocenters. The van der Waals surface area contributed by atoms with E-state index in [1.807, 2.05) is 42.8 Å². The van der Waals surface area contributed by atoms with E-state index in [4.69, 9.17) is 25.4 Å². The van der Waals surface area contributed by atoms with Gasteiger partial charge in [-0.3, -0.25) is 14.6 Å². The predicted molar refractivity (Wildman–Crippen MR) is 208 cm³/mol. The van der Waals surface area contributed by atoms with Gasteiger partial charge in [-0.05, 0) is 66.5 Å². The molecule has 0 bridgehead atoms. The number of methoxy groups -OCH3 is 1. The van der Waals surface area contributed by atoms with Gasteiger partial charge in [0.05, 0.1) is 54.5 Å². The molecule has 0 spiro atoms. The minimum atomic E-state index is -0.680. The van der Waals surface area contributed by atoms with Gasteiger partial charge in [-0.1, -0.05) is 64.8 Å². The lowest BCUT2D eigenvalue weighted by molar-refractivity contribution is -0.136. The van der Waals surface area contributed by atoms with E-state index in [0.717, 1.165) is 88.7 Å². The number of hydrogen-bond acceptors (Lipinski definition) is 8. The first kappa shape index (κ1) is 37.0. The number of H-pyrrole nitrogens is 2. The van der Waals surface area contributed by atoms with E-state index in [1.54, 1.807) is 6.20 Å². The second kappa shape index (κ2) is 15.6. The van der Waals surface area contributed by atoms with E-state index in [1.165, 1.54) is 7.11 Å². The zero-order valence-corrected chi connectivity index (χ0v) is 31.8.